The van der Waals surface area contributed by atoms with Crippen LogP contribution in [0.2, 0.25) is 5.15 Å². The number of nitrogens with two attached hydrogens (primary N) is 2. The van der Waals surface area contributed by atoms with E-state index in [2.05, 4.69) is 25.7 Å². The van der Waals surface area contributed by atoms with Crippen LogP contribution in [0.25, 0.3) is 22.5 Å². The monoisotopic (exact) mass is 807 g/mol. The van der Waals surface area contributed by atoms with Gasteiger partial charge in [-0.05, 0) is 48.0 Å². The molecule has 0 bridgehead atoms. The fourth-order valence-corrected chi connectivity index (χ4v) is 5.23. The number of ether oxygens (including phenoxy) is 4. The first-order chi connectivity index (χ1) is 26.4. The van der Waals surface area contributed by atoms with E-state index >= 15 is 0 Å². The third kappa shape index (κ3) is 11.3. The van der Waals surface area contributed by atoms with Gasteiger partial charge in [0, 0.05) is 41.4 Å². The summed E-state index contributed by atoms with van der Waals surface area (Å²) in [6.45, 7) is 0. The minimum Gasteiger partial charge on any atom is -1.00 e. The zero-order chi connectivity index (χ0) is 40.1. The number of rotatable bonds is 10. The second-order valence-electron chi connectivity index (χ2n) is 11.2. The molecule has 13 nitrogen and oxygen atoms in total. The minimum atomic E-state index is -0.689. The summed E-state index contributed by atoms with van der Waals surface area (Å²) in [4.78, 5) is 39.0. The molecule has 17 heteroatoms. The smallest absolute Gasteiger partial charge is 0.344 e. The summed E-state index contributed by atoms with van der Waals surface area (Å²) < 4.78 is 47.7. The number of aromatic nitrogens is 4. The van der Waals surface area contributed by atoms with E-state index in [1.165, 1.54) is 39.0 Å². The highest BCUT2D eigenvalue weighted by Gasteiger charge is 2.17. The first-order valence-electron chi connectivity index (χ1n) is 16.1. The lowest BCUT2D eigenvalue weighted by atomic mass is 10.0. The van der Waals surface area contributed by atoms with E-state index in [0.717, 1.165) is 34.7 Å². The molecule has 2 aromatic heterocycles. The third-order valence-electron chi connectivity index (χ3n) is 7.75. The van der Waals surface area contributed by atoms with Crippen molar-refractivity contribution in [2.24, 2.45) is 5.73 Å². The highest BCUT2D eigenvalue weighted by Crippen LogP contribution is 2.30. The summed E-state index contributed by atoms with van der Waals surface area (Å²) in [6, 6.07) is 23.4. The van der Waals surface area contributed by atoms with Crippen LogP contribution < -0.4 is 48.6 Å². The van der Waals surface area contributed by atoms with Crippen LogP contribution in [0.4, 0.5) is 14.5 Å². The maximum atomic E-state index is 14.4. The van der Waals surface area contributed by atoms with E-state index in [1.54, 1.807) is 26.4 Å². The fourth-order valence-electron chi connectivity index (χ4n) is 5.09. The quantitative estimate of drug-likeness (QED) is 0.136. The Hall–Kier alpha value is -6.42. The number of anilines is 1. The van der Waals surface area contributed by atoms with Crippen molar-refractivity contribution in [1.29, 1.82) is 0 Å². The molecule has 6 aromatic rings. The maximum absolute atomic E-state index is 14.4. The lowest BCUT2D eigenvalue weighted by Gasteiger charge is -2.11. The summed E-state index contributed by atoms with van der Waals surface area (Å²) in [5.74, 6) is -0.570. The summed E-state index contributed by atoms with van der Waals surface area (Å²) in [7, 11) is 5.91. The Morgan fingerprint density at radius 3 is 1.70 bits per heavy atom. The predicted octanol–water partition coefficient (Wildman–Crippen LogP) is 2.60. The van der Waals surface area contributed by atoms with Crippen LogP contribution >= 0.6 is 11.6 Å². The molecule has 292 valence electrons. The normalized spacial score (nSPS) is 10.0. The van der Waals surface area contributed by atoms with Crippen molar-refractivity contribution in [1.82, 2.24) is 19.9 Å². The van der Waals surface area contributed by atoms with Crippen LogP contribution in [0.1, 0.15) is 32.0 Å². The topological polar surface area (TPSA) is 202 Å². The van der Waals surface area contributed by atoms with E-state index in [1.807, 2.05) is 48.5 Å². The van der Waals surface area contributed by atoms with Crippen LogP contribution in [-0.2, 0) is 6.42 Å². The number of nitrogens with zero attached hydrogens (tertiary/aromatic N) is 4. The van der Waals surface area contributed by atoms with Crippen molar-refractivity contribution in [3.8, 4) is 45.5 Å². The standard InChI is InChI=1S/C20H18FN3O3.C11H9ClN2O.C8H9FN2O2.ClH/c1-26-18-6-4-3-5-14(18)17-9-13(23-11-24-17)7-12-8-15(20(22)25)19(27-2)10-16(12)21;1-15-10-5-3-2-4-8(10)9-6-11(12)14-7-13-9;1-13-7-3-5(9)6(10)2-4(7)8(11)12;/h3-6,8-11H,7H2,1-2H3,(H2,22,25);2-7H,1H3;2-3H,10H2,1H3,(H2,11,12);1H. The molecule has 0 aliphatic heterocycles. The molecule has 0 aliphatic carbocycles. The summed E-state index contributed by atoms with van der Waals surface area (Å²) in [6.07, 6.45) is 3.01. The predicted molar refractivity (Wildman–Crippen MR) is 202 cm³/mol. The maximum Gasteiger partial charge on any atom is 0.344 e. The third-order valence-corrected chi connectivity index (χ3v) is 7.95. The second-order valence-corrected chi connectivity index (χ2v) is 11.6. The lowest BCUT2D eigenvalue weighted by molar-refractivity contribution is -0.255. The van der Waals surface area contributed by atoms with Gasteiger partial charge >= 0.3 is 5.91 Å². The molecule has 2 amide bonds. The van der Waals surface area contributed by atoms with Gasteiger partial charge in [0.15, 0.2) is 0 Å². The number of amides is 2. The molecule has 0 fully saturated rings. The molecular formula is C39H37Cl2F2N7O6. The number of nitrogen functional groups attached to an aromatic ring is 1. The average Bonchev–Trinajstić information content (AvgIpc) is 3.19. The zero-order valence-electron chi connectivity index (χ0n) is 30.6. The molecule has 0 atom stereocenters. The summed E-state index contributed by atoms with van der Waals surface area (Å²) in [5, 5.41) is 0.422. The van der Waals surface area contributed by atoms with Gasteiger partial charge in [-0.2, -0.15) is 0 Å². The van der Waals surface area contributed by atoms with Crippen molar-refractivity contribution in [2.45, 2.75) is 6.42 Å². The molecule has 2 heterocycles. The largest absolute Gasteiger partial charge is 1.00 e. The summed E-state index contributed by atoms with van der Waals surface area (Å²) >= 11 is 5.80. The van der Waals surface area contributed by atoms with Gasteiger partial charge in [-0.25, -0.2) is 33.5 Å². The van der Waals surface area contributed by atoms with Crippen LogP contribution in [0, 0.1) is 11.6 Å². The number of carbonyl (C=O) groups is 2. The van der Waals surface area contributed by atoms with Gasteiger partial charge < -0.3 is 42.8 Å². The number of primary amides is 1. The van der Waals surface area contributed by atoms with Gasteiger partial charge in [-0.15, -0.1) is 0 Å². The van der Waals surface area contributed by atoms with Crippen molar-refractivity contribution >= 4 is 29.1 Å². The molecule has 4 aromatic carbocycles. The molecule has 0 saturated heterocycles. The highest BCUT2D eigenvalue weighted by atomic mass is 35.5. The van der Waals surface area contributed by atoms with E-state index in [9.17, 15) is 18.4 Å². The molecule has 0 aliphatic rings. The van der Waals surface area contributed by atoms with E-state index < -0.39 is 23.4 Å². The van der Waals surface area contributed by atoms with Gasteiger partial charge in [0.2, 0.25) is 0 Å². The van der Waals surface area contributed by atoms with E-state index in [4.69, 9.17) is 42.0 Å². The molecule has 0 saturated carbocycles. The number of quaternary nitrogens is 1. The van der Waals surface area contributed by atoms with Crippen LogP contribution in [-0.4, -0.2) is 60.2 Å². The molecule has 0 spiro atoms. The van der Waals surface area contributed by atoms with Gasteiger partial charge in [0.25, 0.3) is 5.91 Å². The van der Waals surface area contributed by atoms with E-state index in [0.29, 0.717) is 22.3 Å². The molecular weight excluding hydrogens is 771 g/mol. The SMILES string of the molecule is COc1cc(F)c(Cc2cc(-c3ccccc3OC)ncn2)cc1C(N)=O.COc1cc(F)c(N)cc1C([NH3+])=O.COc1ccccc1-c1cc(Cl)ncn1.[Cl-]. The molecule has 0 unspecified atom stereocenters. The number of benzene rings is 4. The minimum absolute atomic E-state index is 0. The molecule has 7 N–H and O–H groups in total. The lowest BCUT2D eigenvalue weighted by Crippen LogP contribution is -3.00. The average molecular weight is 809 g/mol. The number of para-hydroxylation sites is 2. The molecule has 6 rings (SSSR count). The Balaban J connectivity index is 0.000000245. The Morgan fingerprint density at radius 2 is 1.18 bits per heavy atom. The highest BCUT2D eigenvalue weighted by molar-refractivity contribution is 6.29. The Labute approximate surface area is 332 Å². The van der Waals surface area contributed by atoms with Crippen molar-refractivity contribution in [2.75, 3.05) is 34.2 Å². The molecule has 56 heavy (non-hydrogen) atoms. The van der Waals surface area contributed by atoms with Crippen LogP contribution in [0.15, 0.2) is 97.6 Å². The van der Waals surface area contributed by atoms with Gasteiger partial charge in [0.05, 0.1) is 51.1 Å². The van der Waals surface area contributed by atoms with Crippen molar-refractivity contribution < 1.29 is 55.5 Å². The fraction of sp³-hybridized carbons (Fsp3) is 0.128. The van der Waals surface area contributed by atoms with Crippen LogP contribution in [0.3, 0.4) is 0 Å². The number of carbonyl (C=O) groups excluding carboxylic acids is 2. The Bertz CT molecular complexity index is 2300. The number of halogens is 4. The second kappa shape index (κ2) is 20.9. The van der Waals surface area contributed by atoms with Gasteiger partial charge in [-0.1, -0.05) is 35.9 Å². The van der Waals surface area contributed by atoms with Crippen molar-refractivity contribution in [3.05, 3.63) is 137 Å². The first kappa shape index (κ1) is 44.0. The van der Waals surface area contributed by atoms with Crippen molar-refractivity contribution in [3.63, 3.8) is 0 Å². The summed E-state index contributed by atoms with van der Waals surface area (Å²) in [5.41, 5.74) is 18.0. The molecule has 0 radical (unpaired) electrons. The number of hydrogen-bond donors (Lipinski definition) is 3. The van der Waals surface area contributed by atoms with Crippen LogP contribution in [0.5, 0.6) is 23.0 Å². The zero-order valence-corrected chi connectivity index (χ0v) is 32.1. The Kier molecular flexibility index (Phi) is 16.4. The Morgan fingerprint density at radius 1 is 0.679 bits per heavy atom. The number of methoxy groups -OCH3 is 4. The van der Waals surface area contributed by atoms with E-state index in [-0.39, 0.29) is 52.7 Å². The number of hydrogen-bond acceptors (Lipinski definition) is 11. The first-order valence-corrected chi connectivity index (χ1v) is 16.5. The van der Waals surface area contributed by atoms with Gasteiger partial charge in [-0.3, -0.25) is 10.5 Å². The van der Waals surface area contributed by atoms with Gasteiger partial charge in [0.1, 0.15) is 58.0 Å².